The second-order valence-corrected chi connectivity index (χ2v) is 5.38. The Bertz CT molecular complexity index is 582. The highest BCUT2D eigenvalue weighted by Gasteiger charge is 2.09. The molecule has 0 heterocycles. The van der Waals surface area contributed by atoms with Gasteiger partial charge in [0, 0.05) is 15.2 Å². The van der Waals surface area contributed by atoms with E-state index < -0.39 is 0 Å². The number of anilines is 2. The van der Waals surface area contributed by atoms with Crippen molar-refractivity contribution in [1.82, 2.24) is 0 Å². The Morgan fingerprint density at radius 2 is 1.68 bits per heavy atom. The maximum absolute atomic E-state index is 11.8. The van der Waals surface area contributed by atoms with E-state index in [0.29, 0.717) is 25.9 Å². The maximum atomic E-state index is 11.8. The number of carbonyl (C=O) groups is 1. The normalized spacial score (nSPS) is 10.1. The minimum atomic E-state index is -0.379. The van der Waals surface area contributed by atoms with Crippen molar-refractivity contribution in [3.63, 3.8) is 0 Å². The smallest absolute Gasteiger partial charge is 0.308 e. The van der Waals surface area contributed by atoms with Crippen LogP contribution < -0.4 is 10.6 Å². The van der Waals surface area contributed by atoms with E-state index in [-0.39, 0.29) is 6.03 Å². The Kier molecular flexibility index (Phi) is 4.69. The van der Waals surface area contributed by atoms with Gasteiger partial charge in [-0.1, -0.05) is 29.3 Å². The zero-order valence-electron chi connectivity index (χ0n) is 9.58. The van der Waals surface area contributed by atoms with Crippen LogP contribution in [0.15, 0.2) is 46.9 Å². The highest BCUT2D eigenvalue weighted by Crippen LogP contribution is 2.30. The standard InChI is InChI=1S/C13H9BrCl2N2O/c14-10-2-1-3-11(16)12(10)18-13(19)17-9-6-4-8(15)5-7-9/h1-7H,(H2,17,18,19). The maximum Gasteiger partial charge on any atom is 0.323 e. The number of urea groups is 1. The van der Waals surface area contributed by atoms with Gasteiger partial charge in [-0.25, -0.2) is 4.79 Å². The van der Waals surface area contributed by atoms with Crippen molar-refractivity contribution >= 4 is 56.5 Å². The number of halogens is 3. The molecule has 3 nitrogen and oxygen atoms in total. The lowest BCUT2D eigenvalue weighted by Crippen LogP contribution is -2.19. The van der Waals surface area contributed by atoms with Crippen molar-refractivity contribution in [1.29, 1.82) is 0 Å². The third kappa shape index (κ3) is 3.86. The third-order valence-corrected chi connectivity index (χ3v) is 3.53. The van der Waals surface area contributed by atoms with Crippen LogP contribution in [-0.4, -0.2) is 6.03 Å². The van der Waals surface area contributed by atoms with E-state index in [1.165, 1.54) is 0 Å². The molecule has 0 aromatic heterocycles. The van der Waals surface area contributed by atoms with Crippen LogP contribution in [0.4, 0.5) is 16.2 Å². The fourth-order valence-electron chi connectivity index (χ4n) is 1.43. The molecule has 0 bridgehead atoms. The summed E-state index contributed by atoms with van der Waals surface area (Å²) >= 11 is 15.1. The van der Waals surface area contributed by atoms with Gasteiger partial charge in [-0.15, -0.1) is 0 Å². The van der Waals surface area contributed by atoms with Crippen molar-refractivity contribution in [3.05, 3.63) is 57.0 Å². The average Bonchev–Trinajstić information content (AvgIpc) is 2.37. The minimum Gasteiger partial charge on any atom is -0.308 e. The van der Waals surface area contributed by atoms with Crippen LogP contribution in [0.2, 0.25) is 10.0 Å². The molecule has 0 atom stereocenters. The molecule has 2 aromatic carbocycles. The minimum absolute atomic E-state index is 0.379. The Labute approximate surface area is 129 Å². The van der Waals surface area contributed by atoms with E-state index in [1.54, 1.807) is 42.5 Å². The van der Waals surface area contributed by atoms with Crippen molar-refractivity contribution in [2.24, 2.45) is 0 Å². The van der Waals surface area contributed by atoms with Gasteiger partial charge in [0.05, 0.1) is 10.7 Å². The van der Waals surface area contributed by atoms with Crippen molar-refractivity contribution in [3.8, 4) is 0 Å². The number of nitrogens with one attached hydrogen (secondary N) is 2. The summed E-state index contributed by atoms with van der Waals surface area (Å²) in [5.74, 6) is 0. The van der Waals surface area contributed by atoms with Crippen LogP contribution in [-0.2, 0) is 0 Å². The molecular formula is C13H9BrCl2N2O. The zero-order valence-corrected chi connectivity index (χ0v) is 12.7. The van der Waals surface area contributed by atoms with E-state index in [1.807, 2.05) is 0 Å². The number of benzene rings is 2. The van der Waals surface area contributed by atoms with Gasteiger partial charge in [0.2, 0.25) is 0 Å². The van der Waals surface area contributed by atoms with Gasteiger partial charge in [0.25, 0.3) is 0 Å². The Morgan fingerprint density at radius 3 is 2.32 bits per heavy atom. The van der Waals surface area contributed by atoms with Crippen LogP contribution in [0.1, 0.15) is 0 Å². The molecule has 0 aliphatic heterocycles. The summed E-state index contributed by atoms with van der Waals surface area (Å²) in [6, 6.07) is 11.7. The molecule has 19 heavy (non-hydrogen) atoms. The van der Waals surface area contributed by atoms with Gasteiger partial charge in [-0.2, -0.15) is 0 Å². The predicted molar refractivity (Wildman–Crippen MR) is 83.2 cm³/mol. The average molecular weight is 360 g/mol. The van der Waals surface area contributed by atoms with Crippen LogP contribution in [0, 0.1) is 0 Å². The number of carbonyl (C=O) groups excluding carboxylic acids is 1. The van der Waals surface area contributed by atoms with E-state index in [2.05, 4.69) is 26.6 Å². The number of amides is 2. The first-order chi connectivity index (χ1) is 9.06. The lowest BCUT2D eigenvalue weighted by atomic mass is 10.3. The SMILES string of the molecule is O=C(Nc1ccc(Cl)cc1)Nc1c(Cl)cccc1Br. The molecule has 2 N–H and O–H groups in total. The Balaban J connectivity index is 2.07. The number of hydrogen-bond donors (Lipinski definition) is 2. The van der Waals surface area contributed by atoms with Gasteiger partial charge >= 0.3 is 6.03 Å². The second kappa shape index (κ2) is 6.28. The molecule has 2 amide bonds. The quantitative estimate of drug-likeness (QED) is 0.740. The summed E-state index contributed by atoms with van der Waals surface area (Å²) in [4.78, 5) is 11.8. The first kappa shape index (κ1) is 14.2. The molecule has 0 saturated heterocycles. The van der Waals surface area contributed by atoms with E-state index >= 15 is 0 Å². The van der Waals surface area contributed by atoms with Gasteiger partial charge in [-0.05, 0) is 52.3 Å². The van der Waals surface area contributed by atoms with Crippen molar-refractivity contribution in [2.75, 3.05) is 10.6 Å². The second-order valence-electron chi connectivity index (χ2n) is 3.68. The van der Waals surface area contributed by atoms with Gasteiger partial charge < -0.3 is 10.6 Å². The topological polar surface area (TPSA) is 41.1 Å². The van der Waals surface area contributed by atoms with Crippen LogP contribution in [0.3, 0.4) is 0 Å². The third-order valence-electron chi connectivity index (χ3n) is 2.30. The molecule has 0 fully saturated rings. The molecule has 0 unspecified atom stereocenters. The molecule has 0 aliphatic carbocycles. The van der Waals surface area contributed by atoms with Gasteiger partial charge in [-0.3, -0.25) is 0 Å². The molecular weight excluding hydrogens is 351 g/mol. The number of hydrogen-bond acceptors (Lipinski definition) is 1. The monoisotopic (exact) mass is 358 g/mol. The molecule has 98 valence electrons. The summed E-state index contributed by atoms with van der Waals surface area (Å²) in [5, 5.41) is 6.43. The van der Waals surface area contributed by atoms with Crippen LogP contribution >= 0.6 is 39.1 Å². The predicted octanol–water partition coefficient (Wildman–Crippen LogP) is 5.40. The number of para-hydroxylation sites is 1. The first-order valence-electron chi connectivity index (χ1n) is 5.34. The highest BCUT2D eigenvalue weighted by atomic mass is 79.9. The van der Waals surface area contributed by atoms with E-state index in [9.17, 15) is 4.79 Å². The summed E-state index contributed by atoms with van der Waals surface area (Å²) in [6.07, 6.45) is 0. The zero-order chi connectivity index (χ0) is 13.8. The van der Waals surface area contributed by atoms with Crippen molar-refractivity contribution in [2.45, 2.75) is 0 Å². The van der Waals surface area contributed by atoms with Crippen molar-refractivity contribution < 1.29 is 4.79 Å². The molecule has 0 aliphatic rings. The number of rotatable bonds is 2. The first-order valence-corrected chi connectivity index (χ1v) is 6.89. The largest absolute Gasteiger partial charge is 0.323 e. The molecule has 2 aromatic rings. The van der Waals surface area contributed by atoms with E-state index in [4.69, 9.17) is 23.2 Å². The van der Waals surface area contributed by atoms with E-state index in [0.717, 1.165) is 0 Å². The summed E-state index contributed by atoms with van der Waals surface area (Å²) in [6.45, 7) is 0. The molecule has 6 heteroatoms. The highest BCUT2D eigenvalue weighted by molar-refractivity contribution is 9.10. The molecule has 2 rings (SSSR count). The summed E-state index contributed by atoms with van der Waals surface area (Å²) in [7, 11) is 0. The van der Waals surface area contributed by atoms with Gasteiger partial charge in [0.15, 0.2) is 0 Å². The Hall–Kier alpha value is -1.23. The fraction of sp³-hybridized carbons (Fsp3) is 0. The van der Waals surface area contributed by atoms with Crippen LogP contribution in [0.5, 0.6) is 0 Å². The lowest BCUT2D eigenvalue weighted by Gasteiger charge is -2.10. The van der Waals surface area contributed by atoms with Crippen LogP contribution in [0.25, 0.3) is 0 Å². The van der Waals surface area contributed by atoms with Gasteiger partial charge in [0.1, 0.15) is 0 Å². The molecule has 0 spiro atoms. The lowest BCUT2D eigenvalue weighted by molar-refractivity contribution is 0.262. The summed E-state index contributed by atoms with van der Waals surface area (Å²) in [5.41, 5.74) is 1.17. The molecule has 0 saturated carbocycles. The molecule has 0 radical (unpaired) electrons. The Morgan fingerprint density at radius 1 is 1.00 bits per heavy atom. The fourth-order valence-corrected chi connectivity index (χ4v) is 2.35. The summed E-state index contributed by atoms with van der Waals surface area (Å²) < 4.78 is 0.714.